The van der Waals surface area contributed by atoms with E-state index in [2.05, 4.69) is 24.2 Å². The topological polar surface area (TPSA) is 61.7 Å². The number of nitrogens with one attached hydrogen (secondary N) is 1. The smallest absolute Gasteiger partial charge is 0.170 e. The van der Waals surface area contributed by atoms with Crippen LogP contribution in [-0.4, -0.2) is 29.8 Å². The summed E-state index contributed by atoms with van der Waals surface area (Å²) in [5, 5.41) is 13.1. The number of aliphatic hydroxyl groups is 1. The standard InChI is InChI=1S/C13H20N2O2/c1-3-8(2)9-6-10(16)12(11(17)7-9)13-14-4-5-15-13/h8-9,16H,3-7H2,1-2H3,(H,14,15). The van der Waals surface area contributed by atoms with E-state index in [0.717, 1.165) is 13.0 Å². The molecule has 2 unspecified atom stereocenters. The SMILES string of the molecule is CCC(C)C1CC(=O)C(C2=NCCN2)=C(O)C1. The molecule has 4 nitrogen and oxygen atoms in total. The minimum absolute atomic E-state index is 0.0344. The fourth-order valence-electron chi connectivity index (χ4n) is 2.49. The molecule has 2 aliphatic rings. The average Bonchev–Trinajstić information content (AvgIpc) is 2.80. The van der Waals surface area contributed by atoms with Gasteiger partial charge in [0.25, 0.3) is 0 Å². The number of hydrogen-bond donors (Lipinski definition) is 2. The number of rotatable bonds is 3. The van der Waals surface area contributed by atoms with E-state index in [1.54, 1.807) is 0 Å². The summed E-state index contributed by atoms with van der Waals surface area (Å²) in [6.45, 7) is 5.71. The minimum Gasteiger partial charge on any atom is -0.511 e. The molecule has 1 aliphatic carbocycles. The van der Waals surface area contributed by atoms with Gasteiger partial charge in [-0.25, -0.2) is 0 Å². The Morgan fingerprint density at radius 1 is 1.53 bits per heavy atom. The Morgan fingerprint density at radius 3 is 2.82 bits per heavy atom. The van der Waals surface area contributed by atoms with Crippen molar-refractivity contribution in [1.29, 1.82) is 0 Å². The van der Waals surface area contributed by atoms with Gasteiger partial charge in [0.05, 0.1) is 12.1 Å². The number of carbonyl (C=O) groups excluding carboxylic acids is 1. The van der Waals surface area contributed by atoms with Crippen LogP contribution in [0.2, 0.25) is 0 Å². The highest BCUT2D eigenvalue weighted by Crippen LogP contribution is 2.32. The maximum Gasteiger partial charge on any atom is 0.170 e. The first-order valence-corrected chi connectivity index (χ1v) is 6.37. The van der Waals surface area contributed by atoms with Crippen molar-refractivity contribution in [2.75, 3.05) is 13.1 Å². The van der Waals surface area contributed by atoms with Gasteiger partial charge in [0, 0.05) is 19.4 Å². The first kappa shape index (κ1) is 12.1. The zero-order valence-electron chi connectivity index (χ0n) is 10.5. The molecule has 2 atom stereocenters. The molecule has 0 amide bonds. The lowest BCUT2D eigenvalue weighted by Crippen LogP contribution is -2.32. The third kappa shape index (κ3) is 2.35. The lowest BCUT2D eigenvalue weighted by molar-refractivity contribution is -0.117. The Hall–Kier alpha value is -1.32. The van der Waals surface area contributed by atoms with Crippen LogP contribution < -0.4 is 5.32 Å². The third-order valence-corrected chi connectivity index (χ3v) is 3.83. The van der Waals surface area contributed by atoms with Crippen LogP contribution in [0.3, 0.4) is 0 Å². The van der Waals surface area contributed by atoms with Gasteiger partial charge < -0.3 is 10.4 Å². The summed E-state index contributed by atoms with van der Waals surface area (Å²) < 4.78 is 0. The third-order valence-electron chi connectivity index (χ3n) is 3.83. The van der Waals surface area contributed by atoms with Crippen molar-refractivity contribution in [2.24, 2.45) is 16.8 Å². The second kappa shape index (κ2) is 4.90. The normalized spacial score (nSPS) is 26.8. The molecule has 1 heterocycles. The van der Waals surface area contributed by atoms with E-state index >= 15 is 0 Å². The molecule has 2 rings (SSSR count). The van der Waals surface area contributed by atoms with E-state index in [1.165, 1.54) is 0 Å². The average molecular weight is 236 g/mol. The van der Waals surface area contributed by atoms with Crippen LogP contribution in [-0.2, 0) is 4.79 Å². The highest BCUT2D eigenvalue weighted by Gasteiger charge is 2.33. The minimum atomic E-state index is 0.0344. The monoisotopic (exact) mass is 236 g/mol. The van der Waals surface area contributed by atoms with E-state index in [4.69, 9.17) is 0 Å². The Kier molecular flexibility index (Phi) is 3.50. The molecule has 2 N–H and O–H groups in total. The van der Waals surface area contributed by atoms with E-state index in [0.29, 0.717) is 36.7 Å². The number of hydrogen-bond acceptors (Lipinski definition) is 4. The molecular formula is C13H20N2O2. The Bertz CT molecular complexity index is 385. The fourth-order valence-corrected chi connectivity index (χ4v) is 2.49. The van der Waals surface area contributed by atoms with Gasteiger partial charge in [0.1, 0.15) is 11.6 Å². The molecule has 0 bridgehead atoms. The molecule has 4 heteroatoms. The molecule has 0 aromatic rings. The van der Waals surface area contributed by atoms with Crippen LogP contribution in [0.5, 0.6) is 0 Å². The maximum atomic E-state index is 12.1. The Balaban J connectivity index is 2.20. The van der Waals surface area contributed by atoms with Crippen molar-refractivity contribution in [1.82, 2.24) is 5.32 Å². The molecule has 0 saturated heterocycles. The van der Waals surface area contributed by atoms with Gasteiger partial charge in [0.2, 0.25) is 0 Å². The van der Waals surface area contributed by atoms with Gasteiger partial charge in [-0.2, -0.15) is 0 Å². The molecule has 0 aromatic carbocycles. The summed E-state index contributed by atoms with van der Waals surface area (Å²) in [7, 11) is 0. The molecule has 94 valence electrons. The molecule has 0 fully saturated rings. The van der Waals surface area contributed by atoms with Crippen molar-refractivity contribution < 1.29 is 9.90 Å². The summed E-state index contributed by atoms with van der Waals surface area (Å²) in [5.41, 5.74) is 0.432. The molecule has 0 spiro atoms. The number of aliphatic hydroxyl groups excluding tert-OH is 1. The number of aliphatic imine (C=N–C) groups is 1. The van der Waals surface area contributed by atoms with Crippen LogP contribution in [0.1, 0.15) is 33.1 Å². The van der Waals surface area contributed by atoms with Gasteiger partial charge in [-0.3, -0.25) is 9.79 Å². The number of amidine groups is 1. The van der Waals surface area contributed by atoms with E-state index in [9.17, 15) is 9.90 Å². The van der Waals surface area contributed by atoms with Crippen LogP contribution in [0.25, 0.3) is 0 Å². The highest BCUT2D eigenvalue weighted by molar-refractivity contribution is 6.22. The molecule has 17 heavy (non-hydrogen) atoms. The van der Waals surface area contributed by atoms with E-state index in [-0.39, 0.29) is 17.5 Å². The largest absolute Gasteiger partial charge is 0.511 e. The van der Waals surface area contributed by atoms with Gasteiger partial charge in [-0.1, -0.05) is 20.3 Å². The predicted molar refractivity (Wildman–Crippen MR) is 67.1 cm³/mol. The van der Waals surface area contributed by atoms with Gasteiger partial charge >= 0.3 is 0 Å². The van der Waals surface area contributed by atoms with Crippen molar-refractivity contribution >= 4 is 11.6 Å². The van der Waals surface area contributed by atoms with Gasteiger partial charge in [-0.05, 0) is 11.8 Å². The number of nitrogens with zero attached hydrogens (tertiary/aromatic N) is 1. The van der Waals surface area contributed by atoms with Crippen molar-refractivity contribution in [3.05, 3.63) is 11.3 Å². The van der Waals surface area contributed by atoms with Crippen LogP contribution in [0.15, 0.2) is 16.3 Å². The molecular weight excluding hydrogens is 216 g/mol. The maximum absolute atomic E-state index is 12.1. The van der Waals surface area contributed by atoms with Gasteiger partial charge in [0.15, 0.2) is 5.78 Å². The zero-order valence-corrected chi connectivity index (χ0v) is 10.5. The number of carbonyl (C=O) groups is 1. The zero-order chi connectivity index (χ0) is 12.4. The lowest BCUT2D eigenvalue weighted by atomic mass is 9.78. The molecule has 0 aromatic heterocycles. The quantitative estimate of drug-likeness (QED) is 0.785. The lowest BCUT2D eigenvalue weighted by Gasteiger charge is -2.27. The second-order valence-corrected chi connectivity index (χ2v) is 4.96. The molecule has 0 saturated carbocycles. The van der Waals surface area contributed by atoms with E-state index in [1.807, 2.05) is 0 Å². The van der Waals surface area contributed by atoms with Crippen LogP contribution in [0, 0.1) is 11.8 Å². The predicted octanol–water partition coefficient (Wildman–Crippen LogP) is 1.83. The highest BCUT2D eigenvalue weighted by atomic mass is 16.3. The number of allylic oxidation sites excluding steroid dienone is 1. The van der Waals surface area contributed by atoms with Crippen molar-refractivity contribution in [3.8, 4) is 0 Å². The van der Waals surface area contributed by atoms with Crippen molar-refractivity contribution in [3.63, 3.8) is 0 Å². The van der Waals surface area contributed by atoms with Crippen LogP contribution >= 0.6 is 0 Å². The Morgan fingerprint density at radius 2 is 2.29 bits per heavy atom. The summed E-state index contributed by atoms with van der Waals surface area (Å²) in [5.74, 6) is 1.60. The van der Waals surface area contributed by atoms with Crippen molar-refractivity contribution in [2.45, 2.75) is 33.1 Å². The fraction of sp³-hybridized carbons (Fsp3) is 0.692. The Labute approximate surface area is 102 Å². The summed E-state index contributed by atoms with van der Waals surface area (Å²) in [4.78, 5) is 16.3. The summed E-state index contributed by atoms with van der Waals surface area (Å²) in [6.07, 6.45) is 2.19. The van der Waals surface area contributed by atoms with Gasteiger partial charge in [-0.15, -0.1) is 0 Å². The second-order valence-electron chi connectivity index (χ2n) is 4.96. The number of Topliss-reactive ketones (excluding diaryl/α,β-unsaturated/α-hetero) is 1. The first-order chi connectivity index (χ1) is 8.13. The number of ketones is 1. The van der Waals surface area contributed by atoms with E-state index < -0.39 is 0 Å². The molecule has 0 radical (unpaired) electrons. The first-order valence-electron chi connectivity index (χ1n) is 6.37. The van der Waals surface area contributed by atoms with Crippen LogP contribution in [0.4, 0.5) is 0 Å². The summed E-state index contributed by atoms with van der Waals surface area (Å²) in [6, 6.07) is 0. The summed E-state index contributed by atoms with van der Waals surface area (Å²) >= 11 is 0. The molecule has 1 aliphatic heterocycles.